The van der Waals surface area contributed by atoms with Crippen LogP contribution in [-0.2, 0) is 5.75 Å². The molecule has 0 fully saturated rings. The number of oxime groups is 1. The van der Waals surface area contributed by atoms with Crippen LogP contribution in [0, 0.1) is 0 Å². The first-order valence-corrected chi connectivity index (χ1v) is 7.04. The largest absolute Gasteiger partial charge is 0.409 e. The van der Waals surface area contributed by atoms with Crippen LogP contribution in [0.5, 0.6) is 0 Å². The molecule has 0 aromatic heterocycles. The molecule has 0 heterocycles. The summed E-state index contributed by atoms with van der Waals surface area (Å²) in [6, 6.07) is 7.92. The minimum Gasteiger partial charge on any atom is -0.409 e. The summed E-state index contributed by atoms with van der Waals surface area (Å²) in [6.07, 6.45) is 2.70. The molecule has 5 heteroatoms. The standard InChI is InChI=1S/C12H17ClN2OS/c13-11-6-4-10(5-7-11)9-17-8-2-1-3-12(14)15-16/h4-7,16H,1-3,8-9H2,(H2,14,15). The van der Waals surface area contributed by atoms with Crippen molar-refractivity contribution in [1.82, 2.24) is 0 Å². The maximum atomic E-state index is 8.36. The summed E-state index contributed by atoms with van der Waals surface area (Å²) in [4.78, 5) is 0. The zero-order valence-electron chi connectivity index (χ0n) is 9.60. The predicted molar refractivity (Wildman–Crippen MR) is 74.9 cm³/mol. The quantitative estimate of drug-likeness (QED) is 0.263. The molecule has 0 bridgehead atoms. The van der Waals surface area contributed by atoms with Crippen LogP contribution >= 0.6 is 23.4 Å². The molecule has 3 nitrogen and oxygen atoms in total. The van der Waals surface area contributed by atoms with E-state index in [-0.39, 0.29) is 0 Å². The maximum Gasteiger partial charge on any atom is 0.139 e. The van der Waals surface area contributed by atoms with E-state index in [9.17, 15) is 0 Å². The Kier molecular flexibility index (Phi) is 6.89. The first-order chi connectivity index (χ1) is 8.22. The van der Waals surface area contributed by atoms with E-state index in [1.165, 1.54) is 5.56 Å². The monoisotopic (exact) mass is 272 g/mol. The van der Waals surface area contributed by atoms with Crippen molar-refractivity contribution in [2.75, 3.05) is 5.75 Å². The second-order valence-electron chi connectivity index (χ2n) is 3.73. The van der Waals surface area contributed by atoms with Crippen molar-refractivity contribution in [2.45, 2.75) is 25.0 Å². The molecule has 0 saturated carbocycles. The average molecular weight is 273 g/mol. The van der Waals surface area contributed by atoms with Crippen molar-refractivity contribution in [3.05, 3.63) is 34.9 Å². The molecule has 0 radical (unpaired) electrons. The van der Waals surface area contributed by atoms with Crippen molar-refractivity contribution in [3.8, 4) is 0 Å². The summed E-state index contributed by atoms with van der Waals surface area (Å²) in [7, 11) is 0. The SMILES string of the molecule is N/C(CCCCSCc1ccc(Cl)cc1)=N/O. The summed E-state index contributed by atoms with van der Waals surface area (Å²) >= 11 is 7.69. The van der Waals surface area contributed by atoms with E-state index in [0.29, 0.717) is 12.3 Å². The highest BCUT2D eigenvalue weighted by Crippen LogP contribution is 2.16. The lowest BCUT2D eigenvalue weighted by Crippen LogP contribution is -2.10. The summed E-state index contributed by atoms with van der Waals surface area (Å²) in [6.45, 7) is 0. The highest BCUT2D eigenvalue weighted by Gasteiger charge is 1.96. The second-order valence-corrected chi connectivity index (χ2v) is 5.27. The first kappa shape index (κ1) is 14.2. The normalized spacial score (nSPS) is 11.7. The Bertz CT molecular complexity index is 354. The van der Waals surface area contributed by atoms with E-state index in [1.807, 2.05) is 36.0 Å². The van der Waals surface area contributed by atoms with E-state index in [0.717, 1.165) is 29.4 Å². The molecule has 0 aliphatic carbocycles. The Hall–Kier alpha value is -0.870. The van der Waals surface area contributed by atoms with E-state index in [2.05, 4.69) is 5.16 Å². The van der Waals surface area contributed by atoms with Gasteiger partial charge in [-0.3, -0.25) is 0 Å². The number of hydrogen-bond acceptors (Lipinski definition) is 3. The molecule has 1 rings (SSSR count). The van der Waals surface area contributed by atoms with Crippen LogP contribution in [0.2, 0.25) is 5.02 Å². The van der Waals surface area contributed by atoms with Gasteiger partial charge in [0, 0.05) is 17.2 Å². The Morgan fingerprint density at radius 3 is 2.65 bits per heavy atom. The summed E-state index contributed by atoms with van der Waals surface area (Å²) < 4.78 is 0. The van der Waals surface area contributed by atoms with Gasteiger partial charge in [0.25, 0.3) is 0 Å². The third-order valence-corrected chi connectivity index (χ3v) is 3.65. The molecule has 3 N–H and O–H groups in total. The van der Waals surface area contributed by atoms with Crippen molar-refractivity contribution in [3.63, 3.8) is 0 Å². The van der Waals surface area contributed by atoms with E-state index < -0.39 is 0 Å². The van der Waals surface area contributed by atoms with Crippen LogP contribution in [0.4, 0.5) is 0 Å². The minimum absolute atomic E-state index is 0.313. The van der Waals surface area contributed by atoms with Crippen molar-refractivity contribution < 1.29 is 5.21 Å². The van der Waals surface area contributed by atoms with Gasteiger partial charge in [-0.25, -0.2) is 0 Å². The first-order valence-electron chi connectivity index (χ1n) is 5.51. The van der Waals surface area contributed by atoms with Crippen LogP contribution < -0.4 is 5.73 Å². The fourth-order valence-corrected chi connectivity index (χ4v) is 2.44. The molecule has 0 atom stereocenters. The highest BCUT2D eigenvalue weighted by atomic mass is 35.5. The van der Waals surface area contributed by atoms with Gasteiger partial charge in [-0.2, -0.15) is 11.8 Å². The smallest absolute Gasteiger partial charge is 0.139 e. The fourth-order valence-electron chi connectivity index (χ4n) is 1.33. The van der Waals surface area contributed by atoms with Gasteiger partial charge < -0.3 is 10.9 Å². The van der Waals surface area contributed by atoms with Crippen LogP contribution in [0.1, 0.15) is 24.8 Å². The second kappa shape index (κ2) is 8.25. The predicted octanol–water partition coefficient (Wildman–Crippen LogP) is 3.49. The number of hydrogen-bond donors (Lipinski definition) is 2. The summed E-state index contributed by atoms with van der Waals surface area (Å²) in [5.74, 6) is 2.40. The van der Waals surface area contributed by atoms with E-state index >= 15 is 0 Å². The molecule has 1 aromatic rings. The third kappa shape index (κ3) is 6.44. The Morgan fingerprint density at radius 1 is 1.29 bits per heavy atom. The zero-order chi connectivity index (χ0) is 12.5. The number of amidine groups is 1. The number of thioether (sulfide) groups is 1. The molecule has 0 amide bonds. The molecule has 0 aliphatic rings. The van der Waals surface area contributed by atoms with Crippen LogP contribution in [0.15, 0.2) is 29.4 Å². The van der Waals surface area contributed by atoms with Gasteiger partial charge in [0.2, 0.25) is 0 Å². The highest BCUT2D eigenvalue weighted by molar-refractivity contribution is 7.98. The molecule has 1 aromatic carbocycles. The minimum atomic E-state index is 0.313. The molecule has 0 saturated heterocycles. The molecular formula is C12H17ClN2OS. The average Bonchev–Trinajstić information content (AvgIpc) is 2.35. The molecule has 94 valence electrons. The van der Waals surface area contributed by atoms with Gasteiger partial charge in [0.15, 0.2) is 0 Å². The number of unbranched alkanes of at least 4 members (excludes halogenated alkanes) is 1. The van der Waals surface area contributed by atoms with Gasteiger partial charge in [0.05, 0.1) is 0 Å². The molecule has 17 heavy (non-hydrogen) atoms. The number of rotatable bonds is 7. The van der Waals surface area contributed by atoms with Crippen LogP contribution in [0.3, 0.4) is 0 Å². The Labute approximate surface area is 111 Å². The number of nitrogens with zero attached hydrogens (tertiary/aromatic N) is 1. The topological polar surface area (TPSA) is 58.6 Å². The molecular weight excluding hydrogens is 256 g/mol. The van der Waals surface area contributed by atoms with Crippen LogP contribution in [0.25, 0.3) is 0 Å². The van der Waals surface area contributed by atoms with Crippen molar-refractivity contribution >= 4 is 29.2 Å². The molecule has 0 aliphatic heterocycles. The lowest BCUT2D eigenvalue weighted by molar-refractivity contribution is 0.316. The van der Waals surface area contributed by atoms with E-state index in [1.54, 1.807) is 0 Å². The zero-order valence-corrected chi connectivity index (χ0v) is 11.2. The Balaban J connectivity index is 2.06. The summed E-state index contributed by atoms with van der Waals surface area (Å²) in [5.41, 5.74) is 6.66. The molecule has 0 spiro atoms. The van der Waals surface area contributed by atoms with Gasteiger partial charge in [-0.15, -0.1) is 0 Å². The van der Waals surface area contributed by atoms with E-state index in [4.69, 9.17) is 22.5 Å². The number of nitrogens with two attached hydrogens (primary N) is 1. The van der Waals surface area contributed by atoms with Gasteiger partial charge in [0.1, 0.15) is 5.84 Å². The number of benzene rings is 1. The number of halogens is 1. The molecule has 0 unspecified atom stereocenters. The Morgan fingerprint density at radius 2 is 2.00 bits per heavy atom. The third-order valence-electron chi connectivity index (χ3n) is 2.28. The fraction of sp³-hybridized carbons (Fsp3) is 0.417. The summed E-state index contributed by atoms with van der Waals surface area (Å²) in [5, 5.41) is 12.1. The lowest BCUT2D eigenvalue weighted by Gasteiger charge is -2.02. The van der Waals surface area contributed by atoms with Gasteiger partial charge in [-0.05, 0) is 36.3 Å². The van der Waals surface area contributed by atoms with Crippen molar-refractivity contribution in [1.29, 1.82) is 0 Å². The van der Waals surface area contributed by atoms with Gasteiger partial charge in [-0.1, -0.05) is 28.9 Å². The lowest BCUT2D eigenvalue weighted by atomic mass is 10.2. The maximum absolute atomic E-state index is 8.36. The van der Waals surface area contributed by atoms with Gasteiger partial charge >= 0.3 is 0 Å². The van der Waals surface area contributed by atoms with Crippen molar-refractivity contribution in [2.24, 2.45) is 10.9 Å². The van der Waals surface area contributed by atoms with Crippen LogP contribution in [-0.4, -0.2) is 16.8 Å².